The Morgan fingerprint density at radius 2 is 1.74 bits per heavy atom. The van der Waals surface area contributed by atoms with Crippen LogP contribution in [0.3, 0.4) is 0 Å². The van der Waals surface area contributed by atoms with Gasteiger partial charge in [0.25, 0.3) is 5.56 Å². The Labute approximate surface area is 355 Å². The first kappa shape index (κ1) is 39.6. The lowest BCUT2D eigenvalue weighted by Crippen LogP contribution is -2.49. The minimum absolute atomic E-state index is 0.106. The molecule has 320 valence electrons. The molecule has 2 atom stereocenters. The number of benzene rings is 2. The van der Waals surface area contributed by atoms with Crippen molar-refractivity contribution in [1.29, 1.82) is 0 Å². The number of para-hydroxylation sites is 1. The summed E-state index contributed by atoms with van der Waals surface area (Å²) in [5, 5.41) is 15.5. The molecule has 3 aromatic heterocycles. The van der Waals surface area contributed by atoms with Crippen LogP contribution in [0, 0.1) is 11.8 Å². The van der Waals surface area contributed by atoms with E-state index in [0.29, 0.717) is 65.0 Å². The van der Waals surface area contributed by atoms with E-state index >= 15 is 8.78 Å². The maximum absolute atomic E-state index is 15.2. The van der Waals surface area contributed by atoms with E-state index in [1.807, 2.05) is 23.9 Å². The van der Waals surface area contributed by atoms with E-state index in [0.717, 1.165) is 80.9 Å². The molecule has 7 heterocycles. The number of aromatic nitrogens is 5. The monoisotopic (exact) mass is 855 g/mol. The average molecular weight is 856 g/mol. The molecule has 2 aromatic carbocycles. The van der Waals surface area contributed by atoms with Crippen LogP contribution in [0.5, 0.6) is 5.75 Å². The maximum Gasteiger partial charge on any atom is 0.301 e. The molecule has 3 N–H and O–H groups in total. The van der Waals surface area contributed by atoms with Gasteiger partial charge in [0, 0.05) is 82.8 Å². The van der Waals surface area contributed by atoms with Crippen molar-refractivity contribution in [2.24, 2.45) is 25.9 Å². The van der Waals surface area contributed by atoms with Crippen LogP contribution in [0.25, 0.3) is 21.8 Å². The van der Waals surface area contributed by atoms with Crippen molar-refractivity contribution >= 4 is 74.0 Å². The van der Waals surface area contributed by atoms with E-state index in [1.165, 1.54) is 4.57 Å². The Morgan fingerprint density at radius 1 is 0.951 bits per heavy atom. The fourth-order valence-electron chi connectivity index (χ4n) is 9.68. The number of imide groups is 1. The normalized spacial score (nSPS) is 22.4. The molecular formula is C43H48ClF2N11O4. The van der Waals surface area contributed by atoms with Gasteiger partial charge in [-0.15, -0.1) is 0 Å². The van der Waals surface area contributed by atoms with Crippen molar-refractivity contribution in [3.63, 3.8) is 0 Å². The molecule has 2 amide bonds. The molecule has 15 nitrogen and oxygen atoms in total. The van der Waals surface area contributed by atoms with E-state index in [2.05, 4.69) is 41.7 Å². The minimum atomic E-state index is -3.13. The lowest BCUT2D eigenvalue weighted by molar-refractivity contribution is -0.134. The van der Waals surface area contributed by atoms with Crippen molar-refractivity contribution in [1.82, 2.24) is 34.5 Å². The zero-order valence-electron chi connectivity index (χ0n) is 34.1. The SMILES string of the molecule is Cn1nc(C2CCC(=O)NC2=O)c2cccc(N3CCN(CC4CCN(c5ncc(Cl)c(Nc6ccc7c(c6)c6c(c(=O)n7C)OCC(F)(F)[C@H](C7CC7)N6)n5)CC4)CC3)c21. The topological polar surface area (TPSA) is 155 Å². The number of anilines is 5. The van der Waals surface area contributed by atoms with Crippen molar-refractivity contribution in [2.75, 3.05) is 72.9 Å². The van der Waals surface area contributed by atoms with E-state index in [4.69, 9.17) is 26.4 Å². The van der Waals surface area contributed by atoms with Gasteiger partial charge in [0.1, 0.15) is 5.02 Å². The van der Waals surface area contributed by atoms with Crippen LogP contribution >= 0.6 is 11.6 Å². The summed E-state index contributed by atoms with van der Waals surface area (Å²) in [5.74, 6) is -2.84. The predicted octanol–water partition coefficient (Wildman–Crippen LogP) is 5.39. The van der Waals surface area contributed by atoms with E-state index in [-0.39, 0.29) is 29.2 Å². The summed E-state index contributed by atoms with van der Waals surface area (Å²) in [5.41, 5.74) is 3.85. The van der Waals surface area contributed by atoms with Gasteiger partial charge >= 0.3 is 5.92 Å². The highest BCUT2D eigenvalue weighted by molar-refractivity contribution is 6.33. The fourth-order valence-corrected chi connectivity index (χ4v) is 9.82. The second-order valence-corrected chi connectivity index (χ2v) is 17.6. The number of ether oxygens (including phenoxy) is 1. The van der Waals surface area contributed by atoms with Crippen LogP contribution in [-0.2, 0) is 23.7 Å². The third-order valence-corrected chi connectivity index (χ3v) is 13.4. The van der Waals surface area contributed by atoms with Gasteiger partial charge in [0.2, 0.25) is 23.5 Å². The van der Waals surface area contributed by atoms with Crippen molar-refractivity contribution in [2.45, 2.75) is 56.4 Å². The molecule has 1 saturated carbocycles. The quantitative estimate of drug-likeness (QED) is 0.172. The average Bonchev–Trinajstić information content (AvgIpc) is 4.05. The number of carbonyl (C=O) groups is 2. The molecular weight excluding hydrogens is 808 g/mol. The van der Waals surface area contributed by atoms with Crippen molar-refractivity contribution in [3.05, 3.63) is 63.7 Å². The molecule has 5 aliphatic rings. The van der Waals surface area contributed by atoms with Gasteiger partial charge in [0.05, 0.1) is 46.3 Å². The first-order chi connectivity index (χ1) is 29.4. The molecule has 4 aliphatic heterocycles. The number of fused-ring (bicyclic) bond motifs is 4. The fraction of sp³-hybridized carbons (Fsp3) is 0.488. The van der Waals surface area contributed by atoms with E-state index in [1.54, 1.807) is 31.4 Å². The van der Waals surface area contributed by atoms with Crippen LogP contribution < -0.4 is 36.0 Å². The number of carbonyl (C=O) groups excluding carboxylic acids is 2. The molecule has 1 unspecified atom stereocenters. The van der Waals surface area contributed by atoms with Gasteiger partial charge in [0.15, 0.2) is 12.4 Å². The largest absolute Gasteiger partial charge is 0.480 e. The van der Waals surface area contributed by atoms with Gasteiger partial charge in [-0.2, -0.15) is 10.1 Å². The molecule has 0 bridgehead atoms. The van der Waals surface area contributed by atoms with Crippen LogP contribution in [0.4, 0.5) is 37.6 Å². The molecule has 1 aliphatic carbocycles. The number of rotatable bonds is 8. The third kappa shape index (κ3) is 7.38. The molecule has 3 saturated heterocycles. The number of nitrogens with one attached hydrogen (secondary N) is 3. The summed E-state index contributed by atoms with van der Waals surface area (Å²) in [4.78, 5) is 54.3. The highest BCUT2D eigenvalue weighted by Gasteiger charge is 2.51. The summed E-state index contributed by atoms with van der Waals surface area (Å²) in [6.45, 7) is 5.40. The van der Waals surface area contributed by atoms with E-state index < -0.39 is 30.0 Å². The highest BCUT2D eigenvalue weighted by atomic mass is 35.5. The van der Waals surface area contributed by atoms with Gasteiger partial charge in [-0.1, -0.05) is 23.7 Å². The van der Waals surface area contributed by atoms with E-state index in [9.17, 15) is 14.4 Å². The number of piperazine rings is 1. The van der Waals surface area contributed by atoms with Gasteiger partial charge in [-0.05, 0) is 68.2 Å². The molecule has 10 rings (SSSR count). The van der Waals surface area contributed by atoms with Gasteiger partial charge in [-0.3, -0.25) is 29.3 Å². The highest BCUT2D eigenvalue weighted by Crippen LogP contribution is 2.46. The Morgan fingerprint density at radius 3 is 2.49 bits per heavy atom. The van der Waals surface area contributed by atoms with Crippen LogP contribution in [0.2, 0.25) is 5.02 Å². The van der Waals surface area contributed by atoms with Crippen LogP contribution in [0.1, 0.15) is 50.1 Å². The van der Waals surface area contributed by atoms with Crippen LogP contribution in [-0.4, -0.2) is 105 Å². The molecule has 61 heavy (non-hydrogen) atoms. The zero-order valence-corrected chi connectivity index (χ0v) is 34.9. The number of halogens is 3. The number of pyridine rings is 1. The molecule has 4 fully saturated rings. The number of alkyl halides is 2. The Balaban J connectivity index is 0.777. The number of piperidine rings is 2. The number of amides is 2. The number of aryl methyl sites for hydroxylation is 2. The molecule has 5 aromatic rings. The first-order valence-corrected chi connectivity index (χ1v) is 21.5. The third-order valence-electron chi connectivity index (χ3n) is 13.2. The standard InChI is InChI=1S/C43H48ClF2N11O4/c1-53-31-10-8-26(20-29(31)35-37(41(53)60)61-23-43(45,46)38(50-35)25-6-7-25)48-39-30(44)21-47-42(51-39)57-14-12-24(13-15-57)22-55-16-18-56(19-17-55)32-5-3-4-27-34(52-54(2)36(27)32)28-9-11-33(58)49-40(28)59/h3-5,8,10,20-21,24-25,28,38,50H,6-7,9,11-19,22-23H2,1-2H3,(H,47,48,51)(H,49,58,59)/t28?,38-/m0/s1. The summed E-state index contributed by atoms with van der Waals surface area (Å²) in [6.07, 6.45) is 5.77. The molecule has 18 heteroatoms. The summed E-state index contributed by atoms with van der Waals surface area (Å²) < 4.78 is 39.1. The van der Waals surface area contributed by atoms with Gasteiger partial charge < -0.3 is 29.7 Å². The molecule has 0 radical (unpaired) electrons. The minimum Gasteiger partial charge on any atom is -0.480 e. The molecule has 0 spiro atoms. The predicted molar refractivity (Wildman–Crippen MR) is 230 cm³/mol. The van der Waals surface area contributed by atoms with Crippen molar-refractivity contribution in [3.8, 4) is 5.75 Å². The first-order valence-electron chi connectivity index (χ1n) is 21.2. The van der Waals surface area contributed by atoms with Crippen molar-refractivity contribution < 1.29 is 23.1 Å². The second-order valence-electron chi connectivity index (χ2n) is 17.2. The smallest absolute Gasteiger partial charge is 0.301 e. The Hall–Kier alpha value is -5.55. The van der Waals surface area contributed by atoms with Crippen LogP contribution in [0.15, 0.2) is 47.4 Å². The van der Waals surface area contributed by atoms with Gasteiger partial charge in [-0.25, -0.2) is 13.8 Å². The maximum atomic E-state index is 15.2. The zero-order chi connectivity index (χ0) is 42.2. The Bertz CT molecular complexity index is 2620. The number of nitrogens with zero attached hydrogens (tertiary/aromatic N) is 8. The lowest BCUT2D eigenvalue weighted by Gasteiger charge is -2.39. The summed E-state index contributed by atoms with van der Waals surface area (Å²) >= 11 is 6.63. The lowest BCUT2D eigenvalue weighted by atomic mass is 9.92. The Kier molecular flexibility index (Phi) is 10.0. The number of hydrogen-bond donors (Lipinski definition) is 3. The second kappa shape index (κ2) is 15.4. The number of hydrogen-bond acceptors (Lipinski definition) is 12. The summed E-state index contributed by atoms with van der Waals surface area (Å²) in [6, 6.07) is 10.4. The summed E-state index contributed by atoms with van der Waals surface area (Å²) in [7, 11) is 3.53.